The molecule has 0 aromatic carbocycles. The van der Waals surface area contributed by atoms with Crippen molar-refractivity contribution in [3.8, 4) is 0 Å². The Hall–Kier alpha value is -1.36. The Balaban J connectivity index is 2.27. The quantitative estimate of drug-likeness (QED) is 0.720. The molecule has 0 saturated heterocycles. The molecule has 12 heavy (non-hydrogen) atoms. The Morgan fingerprint density at radius 2 is 2.67 bits per heavy atom. The largest absolute Gasteiger partial charge is 0.372 e. The molecule has 0 saturated carbocycles. The second-order valence-corrected chi connectivity index (χ2v) is 2.06. The molecule has 66 valence electrons. The number of amides is 1. The minimum absolute atomic E-state index is 0.0389. The van der Waals surface area contributed by atoms with E-state index in [0.717, 1.165) is 0 Å². The predicted molar refractivity (Wildman–Crippen MR) is 41.6 cm³/mol. The molecule has 1 N–H and O–H groups in total. The monoisotopic (exact) mass is 170 g/mol. The van der Waals surface area contributed by atoms with Crippen molar-refractivity contribution in [2.45, 2.75) is 6.92 Å². The van der Waals surface area contributed by atoms with Crippen LogP contribution < -0.4 is 5.32 Å². The maximum absolute atomic E-state index is 10.9. The fourth-order valence-electron chi connectivity index (χ4n) is 0.649. The third kappa shape index (κ3) is 2.71. The summed E-state index contributed by atoms with van der Waals surface area (Å²) >= 11 is 0. The van der Waals surface area contributed by atoms with E-state index < -0.39 is 0 Å². The first-order chi connectivity index (χ1) is 5.83. The SMILES string of the molecule is CCOCC(=O)Nc1ccno1. The molecule has 0 spiro atoms. The van der Waals surface area contributed by atoms with Gasteiger partial charge in [-0.1, -0.05) is 5.16 Å². The van der Waals surface area contributed by atoms with E-state index in [9.17, 15) is 4.79 Å². The van der Waals surface area contributed by atoms with Crippen LogP contribution in [0.3, 0.4) is 0 Å². The van der Waals surface area contributed by atoms with Gasteiger partial charge in [0.05, 0.1) is 6.20 Å². The summed E-state index contributed by atoms with van der Waals surface area (Å²) in [5.41, 5.74) is 0. The van der Waals surface area contributed by atoms with E-state index >= 15 is 0 Å². The van der Waals surface area contributed by atoms with Crippen LogP contribution in [0.4, 0.5) is 5.88 Å². The lowest BCUT2D eigenvalue weighted by molar-refractivity contribution is -0.120. The van der Waals surface area contributed by atoms with Crippen LogP contribution in [0.2, 0.25) is 0 Å². The lowest BCUT2D eigenvalue weighted by Crippen LogP contribution is -2.17. The highest BCUT2D eigenvalue weighted by Gasteiger charge is 2.03. The molecule has 0 aliphatic carbocycles. The predicted octanol–water partition coefficient (Wildman–Crippen LogP) is 0.650. The molecule has 0 atom stereocenters. The van der Waals surface area contributed by atoms with E-state index in [4.69, 9.17) is 4.74 Å². The minimum Gasteiger partial charge on any atom is -0.372 e. The van der Waals surface area contributed by atoms with Crippen molar-refractivity contribution in [2.24, 2.45) is 0 Å². The van der Waals surface area contributed by atoms with Crippen molar-refractivity contribution in [1.29, 1.82) is 0 Å². The number of hydrogen-bond acceptors (Lipinski definition) is 4. The average molecular weight is 170 g/mol. The van der Waals surface area contributed by atoms with Crippen LogP contribution in [0.15, 0.2) is 16.8 Å². The minimum atomic E-state index is -0.242. The standard InChI is InChI=1S/C7H10N2O3/c1-2-11-5-6(10)9-7-3-4-8-12-7/h3-4H,2,5H2,1H3,(H,9,10). The van der Waals surface area contributed by atoms with Gasteiger partial charge in [-0.15, -0.1) is 0 Å². The van der Waals surface area contributed by atoms with Gasteiger partial charge >= 0.3 is 0 Å². The van der Waals surface area contributed by atoms with Crippen LogP contribution in [0, 0.1) is 0 Å². The first kappa shape index (κ1) is 8.73. The molecule has 1 aromatic rings. The van der Waals surface area contributed by atoms with E-state index in [1.165, 1.54) is 6.20 Å². The van der Waals surface area contributed by atoms with Crippen molar-refractivity contribution in [1.82, 2.24) is 5.16 Å². The summed E-state index contributed by atoms with van der Waals surface area (Å²) in [4.78, 5) is 10.9. The topological polar surface area (TPSA) is 64.4 Å². The molecule has 0 aliphatic heterocycles. The number of ether oxygens (including phenoxy) is 1. The first-order valence-corrected chi connectivity index (χ1v) is 3.61. The molecule has 1 heterocycles. The lowest BCUT2D eigenvalue weighted by Gasteiger charge is -1.99. The van der Waals surface area contributed by atoms with Crippen molar-refractivity contribution in [3.63, 3.8) is 0 Å². The summed E-state index contributed by atoms with van der Waals surface area (Å²) in [5.74, 6) is 0.0910. The number of nitrogens with one attached hydrogen (secondary N) is 1. The van der Waals surface area contributed by atoms with Gasteiger partial charge in [0, 0.05) is 12.7 Å². The van der Waals surface area contributed by atoms with E-state index in [1.807, 2.05) is 6.92 Å². The zero-order valence-electron chi connectivity index (χ0n) is 6.74. The van der Waals surface area contributed by atoms with Gasteiger partial charge in [0.1, 0.15) is 6.61 Å². The van der Waals surface area contributed by atoms with Crippen LogP contribution in [0.5, 0.6) is 0 Å². The third-order valence-electron chi connectivity index (χ3n) is 1.14. The lowest BCUT2D eigenvalue weighted by atomic mass is 10.6. The molecule has 5 nitrogen and oxygen atoms in total. The van der Waals surface area contributed by atoms with Gasteiger partial charge in [0.15, 0.2) is 0 Å². The molecule has 1 aromatic heterocycles. The van der Waals surface area contributed by atoms with E-state index in [0.29, 0.717) is 12.5 Å². The number of carbonyl (C=O) groups excluding carboxylic acids is 1. The van der Waals surface area contributed by atoms with Crippen molar-refractivity contribution in [2.75, 3.05) is 18.5 Å². The van der Waals surface area contributed by atoms with Crippen molar-refractivity contribution < 1.29 is 14.1 Å². The molecule has 0 fully saturated rings. The molecular formula is C7H10N2O3. The van der Waals surface area contributed by atoms with Gasteiger partial charge in [-0.3, -0.25) is 10.1 Å². The van der Waals surface area contributed by atoms with Crippen LogP contribution >= 0.6 is 0 Å². The maximum Gasteiger partial charge on any atom is 0.252 e. The molecule has 0 aliphatic rings. The van der Waals surface area contributed by atoms with E-state index in [1.54, 1.807) is 6.07 Å². The number of nitrogens with zero attached hydrogens (tertiary/aromatic N) is 1. The highest BCUT2D eigenvalue weighted by Crippen LogP contribution is 2.02. The molecule has 0 unspecified atom stereocenters. The highest BCUT2D eigenvalue weighted by atomic mass is 16.5. The average Bonchev–Trinajstić information content (AvgIpc) is 2.53. The van der Waals surface area contributed by atoms with E-state index in [-0.39, 0.29) is 12.5 Å². The number of aromatic nitrogens is 1. The van der Waals surface area contributed by atoms with Crippen molar-refractivity contribution >= 4 is 11.8 Å². The van der Waals surface area contributed by atoms with Crippen LogP contribution in [-0.4, -0.2) is 24.3 Å². The van der Waals surface area contributed by atoms with Gasteiger partial charge in [-0.25, -0.2) is 0 Å². The van der Waals surface area contributed by atoms with Crippen LogP contribution in [-0.2, 0) is 9.53 Å². The third-order valence-corrected chi connectivity index (χ3v) is 1.14. The normalized spacial score (nSPS) is 9.75. The van der Waals surface area contributed by atoms with Crippen LogP contribution in [0.1, 0.15) is 6.92 Å². The Morgan fingerprint density at radius 3 is 3.25 bits per heavy atom. The smallest absolute Gasteiger partial charge is 0.252 e. The fraction of sp³-hybridized carbons (Fsp3) is 0.429. The van der Waals surface area contributed by atoms with Gasteiger partial charge < -0.3 is 9.26 Å². The number of anilines is 1. The summed E-state index contributed by atoms with van der Waals surface area (Å²) < 4.78 is 9.52. The highest BCUT2D eigenvalue weighted by molar-refractivity contribution is 5.90. The zero-order chi connectivity index (χ0) is 8.81. The molecule has 0 bridgehead atoms. The van der Waals surface area contributed by atoms with Gasteiger partial charge in [-0.05, 0) is 6.92 Å². The maximum atomic E-state index is 10.9. The molecule has 1 amide bonds. The summed E-state index contributed by atoms with van der Waals surface area (Å²) in [7, 11) is 0. The molecular weight excluding hydrogens is 160 g/mol. The fourth-order valence-corrected chi connectivity index (χ4v) is 0.649. The summed E-state index contributed by atoms with van der Waals surface area (Å²) in [6, 6.07) is 1.56. The molecule has 1 rings (SSSR count). The summed E-state index contributed by atoms with van der Waals surface area (Å²) in [5, 5.41) is 5.89. The van der Waals surface area contributed by atoms with Gasteiger partial charge in [0.2, 0.25) is 5.88 Å². The zero-order valence-corrected chi connectivity index (χ0v) is 6.74. The number of rotatable bonds is 4. The number of hydrogen-bond donors (Lipinski definition) is 1. The Bertz CT molecular complexity index is 233. The first-order valence-electron chi connectivity index (χ1n) is 3.61. The van der Waals surface area contributed by atoms with E-state index in [2.05, 4.69) is 15.0 Å². The van der Waals surface area contributed by atoms with Crippen LogP contribution in [0.25, 0.3) is 0 Å². The summed E-state index contributed by atoms with van der Waals surface area (Å²) in [6.07, 6.45) is 1.45. The number of carbonyl (C=O) groups is 1. The van der Waals surface area contributed by atoms with Gasteiger partial charge in [-0.2, -0.15) is 0 Å². The van der Waals surface area contributed by atoms with Crippen molar-refractivity contribution in [3.05, 3.63) is 12.3 Å². The summed E-state index contributed by atoms with van der Waals surface area (Å²) in [6.45, 7) is 2.38. The Kier molecular flexibility index (Phi) is 3.28. The molecule has 5 heteroatoms. The Morgan fingerprint density at radius 1 is 1.83 bits per heavy atom. The Labute approximate surface area is 69.7 Å². The second kappa shape index (κ2) is 4.50. The molecule has 0 radical (unpaired) electrons. The van der Waals surface area contributed by atoms with Gasteiger partial charge in [0.25, 0.3) is 5.91 Å². The second-order valence-electron chi connectivity index (χ2n) is 2.06.